The van der Waals surface area contributed by atoms with Crippen molar-refractivity contribution in [2.45, 2.75) is 25.7 Å². The fourth-order valence-corrected chi connectivity index (χ4v) is 3.33. The number of anilines is 1. The average molecular weight is 398 g/mol. The van der Waals surface area contributed by atoms with Crippen LogP contribution in [0.5, 0.6) is 11.5 Å². The van der Waals surface area contributed by atoms with Crippen LogP contribution in [0.2, 0.25) is 0 Å². The summed E-state index contributed by atoms with van der Waals surface area (Å²) in [5.74, 6) is 1.59. The van der Waals surface area contributed by atoms with E-state index in [1.54, 1.807) is 7.11 Å². The second-order valence-electron chi connectivity index (χ2n) is 6.16. The molecule has 28 heavy (non-hydrogen) atoms. The molecule has 0 aliphatic carbocycles. The number of hydrogen-bond donors (Lipinski definition) is 1. The minimum atomic E-state index is -0.0745. The Morgan fingerprint density at radius 2 is 1.79 bits per heavy atom. The van der Waals surface area contributed by atoms with E-state index >= 15 is 0 Å². The van der Waals surface area contributed by atoms with Crippen molar-refractivity contribution in [1.29, 1.82) is 0 Å². The first-order valence-electron chi connectivity index (χ1n) is 9.16. The monoisotopic (exact) mass is 397 g/mol. The zero-order valence-electron chi connectivity index (χ0n) is 15.8. The van der Waals surface area contributed by atoms with Crippen molar-refractivity contribution in [2.75, 3.05) is 19.0 Å². The lowest BCUT2D eigenvalue weighted by Crippen LogP contribution is -2.12. The van der Waals surface area contributed by atoms with Crippen LogP contribution in [0.1, 0.15) is 23.4 Å². The van der Waals surface area contributed by atoms with Crippen molar-refractivity contribution in [1.82, 2.24) is 10.2 Å². The zero-order chi connectivity index (χ0) is 19.6. The minimum absolute atomic E-state index is 0.0745. The lowest BCUT2D eigenvalue weighted by molar-refractivity contribution is -0.116. The Labute approximate surface area is 168 Å². The van der Waals surface area contributed by atoms with Crippen LogP contribution < -0.4 is 14.8 Å². The van der Waals surface area contributed by atoms with Crippen molar-refractivity contribution in [3.63, 3.8) is 0 Å². The number of benzene rings is 2. The molecule has 1 heterocycles. The molecule has 0 bridgehead atoms. The van der Waals surface area contributed by atoms with Gasteiger partial charge in [0.15, 0.2) is 0 Å². The maximum atomic E-state index is 12.0. The molecule has 1 amide bonds. The van der Waals surface area contributed by atoms with E-state index in [-0.39, 0.29) is 5.91 Å². The molecule has 0 saturated heterocycles. The van der Waals surface area contributed by atoms with Crippen molar-refractivity contribution in [3.05, 3.63) is 65.2 Å². The van der Waals surface area contributed by atoms with E-state index in [1.807, 2.05) is 54.6 Å². The van der Waals surface area contributed by atoms with Gasteiger partial charge in [0.2, 0.25) is 11.0 Å². The summed E-state index contributed by atoms with van der Waals surface area (Å²) in [5.41, 5.74) is 1.21. The number of nitrogens with zero attached hydrogens (tertiary/aromatic N) is 2. The highest BCUT2D eigenvalue weighted by molar-refractivity contribution is 7.15. The fraction of sp³-hybridized carbons (Fsp3) is 0.286. The highest BCUT2D eigenvalue weighted by atomic mass is 32.1. The summed E-state index contributed by atoms with van der Waals surface area (Å²) in [4.78, 5) is 12.0. The number of para-hydroxylation sites is 1. The van der Waals surface area contributed by atoms with Gasteiger partial charge in [-0.3, -0.25) is 4.79 Å². The van der Waals surface area contributed by atoms with Crippen molar-refractivity contribution in [2.24, 2.45) is 0 Å². The van der Waals surface area contributed by atoms with Crippen LogP contribution in [0.4, 0.5) is 5.13 Å². The second kappa shape index (κ2) is 10.4. The van der Waals surface area contributed by atoms with Gasteiger partial charge in [0.1, 0.15) is 16.5 Å². The smallest absolute Gasteiger partial charge is 0.226 e. The predicted octanol–water partition coefficient (Wildman–Crippen LogP) is 4.13. The molecule has 0 fully saturated rings. The highest BCUT2D eigenvalue weighted by Crippen LogP contribution is 2.19. The van der Waals surface area contributed by atoms with E-state index in [0.717, 1.165) is 29.3 Å². The normalized spacial score (nSPS) is 10.5. The number of aryl methyl sites for hydroxylation is 2. The molecule has 0 aliphatic rings. The van der Waals surface area contributed by atoms with Crippen LogP contribution in [-0.4, -0.2) is 29.8 Å². The number of hydrogen-bond acceptors (Lipinski definition) is 6. The third kappa shape index (κ3) is 6.35. The van der Waals surface area contributed by atoms with Crippen LogP contribution in [0, 0.1) is 0 Å². The fourth-order valence-electron chi connectivity index (χ4n) is 2.57. The largest absolute Gasteiger partial charge is 0.497 e. The van der Waals surface area contributed by atoms with Crippen LogP contribution in [0.25, 0.3) is 0 Å². The molecule has 6 nitrogen and oxygen atoms in total. The summed E-state index contributed by atoms with van der Waals surface area (Å²) in [5, 5.41) is 12.5. The quantitative estimate of drug-likeness (QED) is 0.521. The molecule has 0 atom stereocenters. The first-order valence-corrected chi connectivity index (χ1v) is 9.97. The molecular formula is C21H23N3O3S. The Morgan fingerprint density at radius 1 is 1.00 bits per heavy atom. The first kappa shape index (κ1) is 19.8. The number of amides is 1. The topological polar surface area (TPSA) is 73.3 Å². The van der Waals surface area contributed by atoms with E-state index in [4.69, 9.17) is 9.47 Å². The molecule has 0 unspecified atom stereocenters. The van der Waals surface area contributed by atoms with Gasteiger partial charge < -0.3 is 14.8 Å². The third-order valence-electron chi connectivity index (χ3n) is 4.06. The first-order chi connectivity index (χ1) is 13.7. The van der Waals surface area contributed by atoms with Crippen LogP contribution in [0.15, 0.2) is 54.6 Å². The molecule has 3 rings (SSSR count). The highest BCUT2D eigenvalue weighted by Gasteiger charge is 2.09. The lowest BCUT2D eigenvalue weighted by Gasteiger charge is -2.05. The molecule has 2 aromatic carbocycles. The van der Waals surface area contributed by atoms with Gasteiger partial charge in [-0.05, 0) is 42.7 Å². The number of rotatable bonds is 10. The van der Waals surface area contributed by atoms with Gasteiger partial charge in [0.05, 0.1) is 13.7 Å². The van der Waals surface area contributed by atoms with Crippen molar-refractivity contribution < 1.29 is 14.3 Å². The molecule has 1 N–H and O–H groups in total. The van der Waals surface area contributed by atoms with Gasteiger partial charge in [-0.15, -0.1) is 10.2 Å². The molecule has 1 aromatic heterocycles. The summed E-state index contributed by atoms with van der Waals surface area (Å²) < 4.78 is 10.7. The summed E-state index contributed by atoms with van der Waals surface area (Å²) >= 11 is 1.41. The van der Waals surface area contributed by atoms with E-state index in [0.29, 0.717) is 24.6 Å². The van der Waals surface area contributed by atoms with Gasteiger partial charge in [-0.25, -0.2) is 0 Å². The summed E-state index contributed by atoms with van der Waals surface area (Å²) in [6.45, 7) is 0.501. The Hall–Kier alpha value is -2.93. The molecule has 3 aromatic rings. The Morgan fingerprint density at radius 3 is 2.54 bits per heavy atom. The Bertz CT molecular complexity index is 866. The van der Waals surface area contributed by atoms with E-state index in [1.165, 1.54) is 16.9 Å². The molecule has 0 radical (unpaired) electrons. The Balaban J connectivity index is 1.36. The van der Waals surface area contributed by atoms with Gasteiger partial charge in [-0.1, -0.05) is 41.7 Å². The number of aromatic nitrogens is 2. The number of carbonyl (C=O) groups is 1. The minimum Gasteiger partial charge on any atom is -0.497 e. The van der Waals surface area contributed by atoms with Crippen LogP contribution in [0.3, 0.4) is 0 Å². The average Bonchev–Trinajstić information content (AvgIpc) is 3.18. The van der Waals surface area contributed by atoms with Gasteiger partial charge >= 0.3 is 0 Å². The molecule has 0 spiro atoms. The summed E-state index contributed by atoms with van der Waals surface area (Å²) in [6, 6.07) is 17.6. The molecule has 0 aliphatic heterocycles. The molecule has 0 saturated carbocycles. The molecule has 146 valence electrons. The van der Waals surface area contributed by atoms with Crippen molar-refractivity contribution in [3.8, 4) is 11.5 Å². The number of ether oxygens (including phenoxy) is 2. The van der Waals surface area contributed by atoms with Gasteiger partial charge in [0, 0.05) is 12.8 Å². The summed E-state index contributed by atoms with van der Waals surface area (Å²) in [7, 11) is 1.66. The number of carbonyl (C=O) groups excluding carboxylic acids is 1. The standard InChI is InChI=1S/C21H23N3O3S/c1-26-17-12-9-16(10-13-17)11-14-20-23-24-21(28-20)22-19(25)8-5-15-27-18-6-3-2-4-7-18/h2-4,6-7,9-10,12-13H,5,8,11,14-15H2,1H3,(H,22,24,25). The SMILES string of the molecule is COc1ccc(CCc2nnc(NC(=O)CCCOc3ccccc3)s2)cc1. The summed E-state index contributed by atoms with van der Waals surface area (Å²) in [6.07, 6.45) is 2.67. The predicted molar refractivity (Wildman–Crippen MR) is 110 cm³/mol. The Kier molecular flexibility index (Phi) is 7.37. The molecule has 7 heteroatoms. The van der Waals surface area contributed by atoms with Crippen LogP contribution >= 0.6 is 11.3 Å². The van der Waals surface area contributed by atoms with Crippen molar-refractivity contribution >= 4 is 22.4 Å². The maximum Gasteiger partial charge on any atom is 0.226 e. The van der Waals surface area contributed by atoms with E-state index in [9.17, 15) is 4.79 Å². The zero-order valence-corrected chi connectivity index (χ0v) is 16.6. The van der Waals surface area contributed by atoms with E-state index < -0.39 is 0 Å². The van der Waals surface area contributed by atoms with Crippen LogP contribution in [-0.2, 0) is 17.6 Å². The third-order valence-corrected chi connectivity index (χ3v) is 4.96. The second-order valence-corrected chi connectivity index (χ2v) is 7.22. The maximum absolute atomic E-state index is 12.0. The number of methoxy groups -OCH3 is 1. The van der Waals surface area contributed by atoms with E-state index in [2.05, 4.69) is 15.5 Å². The van der Waals surface area contributed by atoms with Gasteiger partial charge in [-0.2, -0.15) is 0 Å². The number of nitrogens with one attached hydrogen (secondary N) is 1. The molecular weight excluding hydrogens is 374 g/mol. The lowest BCUT2D eigenvalue weighted by atomic mass is 10.1. The van der Waals surface area contributed by atoms with Gasteiger partial charge in [0.25, 0.3) is 0 Å².